The monoisotopic (exact) mass is 171 g/mol. The Labute approximate surface area is 70.8 Å². The van der Waals surface area contributed by atoms with Crippen molar-refractivity contribution in [2.45, 2.75) is 19.4 Å². The van der Waals surface area contributed by atoms with E-state index in [0.29, 0.717) is 31.1 Å². The van der Waals surface area contributed by atoms with Gasteiger partial charge in [0.1, 0.15) is 0 Å². The molecule has 0 bridgehead atoms. The molecule has 5 nitrogen and oxygen atoms in total. The van der Waals surface area contributed by atoms with Crippen LogP contribution in [0.15, 0.2) is 4.52 Å². The molecule has 0 spiro atoms. The van der Waals surface area contributed by atoms with E-state index in [2.05, 4.69) is 15.5 Å². The summed E-state index contributed by atoms with van der Waals surface area (Å²) in [5.74, 6) is 1.25. The van der Waals surface area contributed by atoms with Gasteiger partial charge in [0.05, 0.1) is 6.54 Å². The molecule has 2 N–H and O–H groups in total. The topological polar surface area (TPSA) is 71.2 Å². The molecule has 0 unspecified atom stereocenters. The predicted molar refractivity (Wildman–Crippen MR) is 42.5 cm³/mol. The molecule has 1 aromatic rings. The Morgan fingerprint density at radius 2 is 2.42 bits per heavy atom. The lowest BCUT2D eigenvalue weighted by Crippen LogP contribution is -2.06. The van der Waals surface area contributed by atoms with Crippen LogP contribution < -0.4 is 5.32 Å². The van der Waals surface area contributed by atoms with Crippen molar-refractivity contribution in [1.29, 1.82) is 0 Å². The fraction of sp³-hybridized carbons (Fsp3) is 0.714. The summed E-state index contributed by atoms with van der Waals surface area (Å²) in [6.45, 7) is 0.770. The molecule has 1 rings (SSSR count). The SMILES string of the molecule is CNCc1noc(CCCO)n1. The van der Waals surface area contributed by atoms with E-state index >= 15 is 0 Å². The molecule has 0 atom stereocenters. The normalized spacial score (nSPS) is 10.5. The third kappa shape index (κ3) is 2.60. The Kier molecular flexibility index (Phi) is 3.69. The number of hydrogen-bond donors (Lipinski definition) is 2. The van der Waals surface area contributed by atoms with Gasteiger partial charge in [0, 0.05) is 13.0 Å². The average molecular weight is 171 g/mol. The van der Waals surface area contributed by atoms with Crippen LogP contribution in [0, 0.1) is 0 Å². The van der Waals surface area contributed by atoms with Crippen molar-refractivity contribution in [3.8, 4) is 0 Å². The van der Waals surface area contributed by atoms with Gasteiger partial charge in [-0.3, -0.25) is 0 Å². The summed E-state index contributed by atoms with van der Waals surface area (Å²) in [4.78, 5) is 4.09. The highest BCUT2D eigenvalue weighted by atomic mass is 16.5. The van der Waals surface area contributed by atoms with Crippen molar-refractivity contribution >= 4 is 0 Å². The average Bonchev–Trinajstić information content (AvgIpc) is 2.50. The summed E-state index contributed by atoms with van der Waals surface area (Å²) in [6, 6.07) is 0. The fourth-order valence-corrected chi connectivity index (χ4v) is 0.852. The maximum atomic E-state index is 8.54. The van der Waals surface area contributed by atoms with E-state index in [1.807, 2.05) is 7.05 Å². The first kappa shape index (κ1) is 9.15. The van der Waals surface area contributed by atoms with Gasteiger partial charge in [0.2, 0.25) is 5.89 Å². The van der Waals surface area contributed by atoms with Gasteiger partial charge >= 0.3 is 0 Å². The van der Waals surface area contributed by atoms with Crippen LogP contribution in [0.3, 0.4) is 0 Å². The summed E-state index contributed by atoms with van der Waals surface area (Å²) in [5, 5.41) is 15.2. The molecule has 0 aliphatic carbocycles. The first-order chi connectivity index (χ1) is 5.86. The molecule has 0 aromatic carbocycles. The zero-order valence-electron chi connectivity index (χ0n) is 7.08. The Balaban J connectivity index is 2.41. The third-order valence-electron chi connectivity index (χ3n) is 1.39. The molecule has 0 fully saturated rings. The van der Waals surface area contributed by atoms with Crippen LogP contribution in [0.2, 0.25) is 0 Å². The molecule has 68 valence electrons. The molecule has 0 aliphatic heterocycles. The van der Waals surface area contributed by atoms with Gasteiger partial charge in [-0.2, -0.15) is 4.98 Å². The fourth-order valence-electron chi connectivity index (χ4n) is 0.852. The molecule has 1 heterocycles. The number of nitrogens with one attached hydrogen (secondary N) is 1. The maximum Gasteiger partial charge on any atom is 0.226 e. The van der Waals surface area contributed by atoms with Gasteiger partial charge in [0.25, 0.3) is 0 Å². The van der Waals surface area contributed by atoms with Crippen LogP contribution >= 0.6 is 0 Å². The van der Waals surface area contributed by atoms with Gasteiger partial charge in [0.15, 0.2) is 5.82 Å². The predicted octanol–water partition coefficient (Wildman–Crippen LogP) is -0.286. The number of aromatic nitrogens is 2. The summed E-state index contributed by atoms with van der Waals surface area (Å²) in [5.41, 5.74) is 0. The molecular weight excluding hydrogens is 158 g/mol. The minimum Gasteiger partial charge on any atom is -0.396 e. The van der Waals surface area contributed by atoms with E-state index in [4.69, 9.17) is 9.63 Å². The van der Waals surface area contributed by atoms with E-state index < -0.39 is 0 Å². The van der Waals surface area contributed by atoms with Crippen molar-refractivity contribution in [1.82, 2.24) is 15.5 Å². The van der Waals surface area contributed by atoms with Crippen LogP contribution in [-0.2, 0) is 13.0 Å². The summed E-state index contributed by atoms with van der Waals surface area (Å²) in [7, 11) is 1.82. The van der Waals surface area contributed by atoms with Crippen molar-refractivity contribution in [2.24, 2.45) is 0 Å². The first-order valence-electron chi connectivity index (χ1n) is 3.93. The lowest BCUT2D eigenvalue weighted by atomic mass is 10.3. The largest absolute Gasteiger partial charge is 0.396 e. The first-order valence-corrected chi connectivity index (χ1v) is 3.93. The molecule has 12 heavy (non-hydrogen) atoms. The van der Waals surface area contributed by atoms with E-state index in [1.54, 1.807) is 0 Å². The summed E-state index contributed by atoms with van der Waals surface area (Å²) in [6.07, 6.45) is 1.31. The Morgan fingerprint density at radius 3 is 3.08 bits per heavy atom. The Hall–Kier alpha value is -0.940. The van der Waals surface area contributed by atoms with Crippen LogP contribution in [0.1, 0.15) is 18.1 Å². The highest BCUT2D eigenvalue weighted by molar-refractivity contribution is 4.85. The molecule has 0 radical (unpaired) electrons. The summed E-state index contributed by atoms with van der Waals surface area (Å²) < 4.78 is 4.91. The van der Waals surface area contributed by atoms with Gasteiger partial charge in [-0.05, 0) is 13.5 Å². The second-order valence-corrected chi connectivity index (χ2v) is 2.46. The second kappa shape index (κ2) is 4.84. The third-order valence-corrected chi connectivity index (χ3v) is 1.39. The van der Waals surface area contributed by atoms with Gasteiger partial charge in [-0.25, -0.2) is 0 Å². The van der Waals surface area contributed by atoms with Crippen molar-refractivity contribution < 1.29 is 9.63 Å². The standard InChI is InChI=1S/C7H13N3O2/c1-8-5-6-9-7(12-10-6)3-2-4-11/h8,11H,2-5H2,1H3. The Morgan fingerprint density at radius 1 is 1.58 bits per heavy atom. The lowest BCUT2D eigenvalue weighted by molar-refractivity contribution is 0.278. The van der Waals surface area contributed by atoms with Gasteiger partial charge in [-0.15, -0.1) is 0 Å². The quantitative estimate of drug-likeness (QED) is 0.637. The van der Waals surface area contributed by atoms with Crippen LogP contribution in [0.5, 0.6) is 0 Å². The van der Waals surface area contributed by atoms with E-state index in [1.165, 1.54) is 0 Å². The molecular formula is C7H13N3O2. The minimum absolute atomic E-state index is 0.156. The molecule has 0 amide bonds. The van der Waals surface area contributed by atoms with E-state index in [-0.39, 0.29) is 6.61 Å². The second-order valence-electron chi connectivity index (χ2n) is 2.46. The van der Waals surface area contributed by atoms with Gasteiger partial charge in [-0.1, -0.05) is 5.16 Å². The highest BCUT2D eigenvalue weighted by Crippen LogP contribution is 1.99. The van der Waals surface area contributed by atoms with Gasteiger partial charge < -0.3 is 14.9 Å². The van der Waals surface area contributed by atoms with Crippen molar-refractivity contribution in [3.63, 3.8) is 0 Å². The smallest absolute Gasteiger partial charge is 0.226 e. The number of rotatable bonds is 5. The number of aliphatic hydroxyl groups is 1. The summed E-state index contributed by atoms with van der Waals surface area (Å²) >= 11 is 0. The van der Waals surface area contributed by atoms with E-state index in [0.717, 1.165) is 0 Å². The van der Waals surface area contributed by atoms with Crippen LogP contribution in [-0.4, -0.2) is 28.9 Å². The molecule has 5 heteroatoms. The van der Waals surface area contributed by atoms with E-state index in [9.17, 15) is 0 Å². The Bertz CT molecular complexity index is 224. The van der Waals surface area contributed by atoms with Crippen molar-refractivity contribution in [3.05, 3.63) is 11.7 Å². The molecule has 1 aromatic heterocycles. The zero-order valence-corrected chi connectivity index (χ0v) is 7.08. The molecule has 0 saturated carbocycles. The number of aliphatic hydroxyl groups excluding tert-OH is 1. The lowest BCUT2D eigenvalue weighted by Gasteiger charge is -1.88. The van der Waals surface area contributed by atoms with Crippen LogP contribution in [0.25, 0.3) is 0 Å². The number of nitrogens with zero attached hydrogens (tertiary/aromatic N) is 2. The number of aryl methyl sites for hydroxylation is 1. The molecule has 0 saturated heterocycles. The van der Waals surface area contributed by atoms with Crippen LogP contribution in [0.4, 0.5) is 0 Å². The zero-order chi connectivity index (χ0) is 8.81. The van der Waals surface area contributed by atoms with Crippen molar-refractivity contribution in [2.75, 3.05) is 13.7 Å². The number of hydrogen-bond acceptors (Lipinski definition) is 5. The minimum atomic E-state index is 0.156. The highest BCUT2D eigenvalue weighted by Gasteiger charge is 2.03. The molecule has 0 aliphatic rings. The maximum absolute atomic E-state index is 8.54.